The van der Waals surface area contributed by atoms with Gasteiger partial charge in [-0.1, -0.05) is 6.07 Å². The van der Waals surface area contributed by atoms with Crippen LogP contribution in [0.25, 0.3) is 0 Å². The second-order valence-corrected chi connectivity index (χ2v) is 7.07. The molecule has 2 rings (SSSR count). The number of para-hydroxylation sites is 1. The minimum atomic E-state index is -1.27. The van der Waals surface area contributed by atoms with E-state index in [4.69, 9.17) is 5.11 Å². The number of aromatic carboxylic acids is 1. The highest BCUT2D eigenvalue weighted by Crippen LogP contribution is 2.37. The first-order chi connectivity index (χ1) is 9.32. The Morgan fingerprint density at radius 3 is 2.75 bits per heavy atom. The zero-order valence-electron chi connectivity index (χ0n) is 11.3. The minimum Gasteiger partial charge on any atom is -0.477 e. The standard InChI is InChI=1S/C13H16N2O4S/c1-13(2)8-14(6-7-20-13)10-5-3-4-9(12(16)17)11(10)15(18)19/h3-5H,6-8H2,1-2H3,(H,16,17). The number of nitrogens with zero attached hydrogens (tertiary/aromatic N) is 2. The van der Waals surface area contributed by atoms with Gasteiger partial charge in [0.1, 0.15) is 11.3 Å². The molecule has 0 saturated carbocycles. The Labute approximate surface area is 120 Å². The summed E-state index contributed by atoms with van der Waals surface area (Å²) in [5, 5.41) is 20.4. The predicted octanol–water partition coefficient (Wildman–Crippen LogP) is 2.62. The van der Waals surface area contributed by atoms with E-state index in [2.05, 4.69) is 13.8 Å². The molecule has 1 heterocycles. The number of carboxylic acid groups (broad SMARTS) is 1. The van der Waals surface area contributed by atoms with Crippen molar-refractivity contribution in [1.82, 2.24) is 0 Å². The van der Waals surface area contributed by atoms with Crippen LogP contribution in [-0.2, 0) is 0 Å². The van der Waals surface area contributed by atoms with E-state index in [0.717, 1.165) is 5.75 Å². The molecular formula is C13H16N2O4S. The molecule has 0 aliphatic carbocycles. The van der Waals surface area contributed by atoms with Gasteiger partial charge >= 0.3 is 11.7 Å². The summed E-state index contributed by atoms with van der Waals surface area (Å²) in [6, 6.07) is 4.45. The average molecular weight is 296 g/mol. The van der Waals surface area contributed by atoms with E-state index in [1.54, 1.807) is 12.1 Å². The van der Waals surface area contributed by atoms with E-state index >= 15 is 0 Å². The van der Waals surface area contributed by atoms with Crippen LogP contribution in [0.5, 0.6) is 0 Å². The number of nitro groups is 1. The molecule has 7 heteroatoms. The zero-order chi connectivity index (χ0) is 14.9. The number of rotatable bonds is 3. The van der Waals surface area contributed by atoms with Gasteiger partial charge < -0.3 is 10.0 Å². The summed E-state index contributed by atoms with van der Waals surface area (Å²) in [7, 11) is 0. The summed E-state index contributed by atoms with van der Waals surface area (Å²) in [6.45, 7) is 5.49. The Morgan fingerprint density at radius 1 is 1.50 bits per heavy atom. The molecule has 1 aliphatic rings. The third-order valence-corrected chi connectivity index (χ3v) is 4.49. The highest BCUT2D eigenvalue weighted by Gasteiger charge is 2.32. The molecule has 20 heavy (non-hydrogen) atoms. The maximum absolute atomic E-state index is 11.3. The zero-order valence-corrected chi connectivity index (χ0v) is 12.1. The Bertz CT molecular complexity index is 559. The van der Waals surface area contributed by atoms with E-state index < -0.39 is 10.9 Å². The van der Waals surface area contributed by atoms with Crippen molar-refractivity contribution in [3.05, 3.63) is 33.9 Å². The average Bonchev–Trinajstić information content (AvgIpc) is 2.36. The second-order valence-electron chi connectivity index (χ2n) is 5.27. The van der Waals surface area contributed by atoms with Crippen molar-refractivity contribution in [3.8, 4) is 0 Å². The van der Waals surface area contributed by atoms with Crippen LogP contribution in [0.4, 0.5) is 11.4 Å². The van der Waals surface area contributed by atoms with Crippen molar-refractivity contribution in [2.24, 2.45) is 0 Å². The highest BCUT2D eigenvalue weighted by molar-refractivity contribution is 8.00. The van der Waals surface area contributed by atoms with Gasteiger partial charge in [-0.05, 0) is 26.0 Å². The summed E-state index contributed by atoms with van der Waals surface area (Å²) in [6.07, 6.45) is 0. The Kier molecular flexibility index (Phi) is 3.89. The first-order valence-electron chi connectivity index (χ1n) is 6.21. The normalized spacial score (nSPS) is 17.8. The van der Waals surface area contributed by atoms with Crippen LogP contribution in [0.3, 0.4) is 0 Å². The maximum atomic E-state index is 11.3. The van der Waals surface area contributed by atoms with Crippen LogP contribution >= 0.6 is 11.8 Å². The van der Waals surface area contributed by atoms with E-state index in [1.807, 2.05) is 16.7 Å². The Morgan fingerprint density at radius 2 is 2.20 bits per heavy atom. The highest BCUT2D eigenvalue weighted by atomic mass is 32.2. The maximum Gasteiger partial charge on any atom is 0.342 e. The largest absolute Gasteiger partial charge is 0.477 e. The van der Waals surface area contributed by atoms with Crippen LogP contribution in [0.1, 0.15) is 24.2 Å². The number of hydrogen-bond acceptors (Lipinski definition) is 5. The smallest absolute Gasteiger partial charge is 0.342 e. The van der Waals surface area contributed by atoms with Crippen molar-refractivity contribution < 1.29 is 14.8 Å². The van der Waals surface area contributed by atoms with E-state index in [-0.39, 0.29) is 16.0 Å². The summed E-state index contributed by atoms with van der Waals surface area (Å²) in [5.41, 5.74) is -0.186. The minimum absolute atomic E-state index is 0.00858. The van der Waals surface area contributed by atoms with Crippen LogP contribution in [-0.4, -0.2) is 39.6 Å². The number of anilines is 1. The number of carbonyl (C=O) groups is 1. The monoisotopic (exact) mass is 296 g/mol. The molecule has 0 unspecified atom stereocenters. The first-order valence-corrected chi connectivity index (χ1v) is 7.20. The van der Waals surface area contributed by atoms with Crippen LogP contribution < -0.4 is 4.90 Å². The summed E-state index contributed by atoms with van der Waals surface area (Å²) >= 11 is 1.82. The van der Waals surface area contributed by atoms with Gasteiger partial charge in [0.25, 0.3) is 0 Å². The number of carboxylic acids is 1. The molecule has 1 fully saturated rings. The molecule has 0 spiro atoms. The Hall–Kier alpha value is -1.76. The van der Waals surface area contributed by atoms with Crippen LogP contribution in [0.2, 0.25) is 0 Å². The van der Waals surface area contributed by atoms with Crippen molar-refractivity contribution >= 4 is 29.1 Å². The molecule has 1 aromatic carbocycles. The lowest BCUT2D eigenvalue weighted by atomic mass is 10.1. The molecule has 0 radical (unpaired) electrons. The molecule has 1 aliphatic heterocycles. The fourth-order valence-corrected chi connectivity index (χ4v) is 3.48. The lowest BCUT2D eigenvalue weighted by Crippen LogP contribution is -2.43. The molecular weight excluding hydrogens is 280 g/mol. The fourth-order valence-electron chi connectivity index (χ4n) is 2.37. The number of hydrogen-bond donors (Lipinski definition) is 1. The molecule has 1 aromatic rings. The number of benzene rings is 1. The summed E-state index contributed by atoms with van der Waals surface area (Å²) < 4.78 is -0.00858. The van der Waals surface area contributed by atoms with Gasteiger partial charge in [0, 0.05) is 23.6 Å². The molecule has 0 atom stereocenters. The van der Waals surface area contributed by atoms with Gasteiger partial charge in [0.2, 0.25) is 0 Å². The van der Waals surface area contributed by atoms with Crippen molar-refractivity contribution in [3.63, 3.8) is 0 Å². The molecule has 1 saturated heterocycles. The third-order valence-electron chi connectivity index (χ3n) is 3.19. The third kappa shape index (κ3) is 2.87. The molecule has 6 nitrogen and oxygen atoms in total. The lowest BCUT2D eigenvalue weighted by Gasteiger charge is -2.38. The van der Waals surface area contributed by atoms with E-state index in [0.29, 0.717) is 18.8 Å². The van der Waals surface area contributed by atoms with Gasteiger partial charge in [-0.2, -0.15) is 11.8 Å². The van der Waals surface area contributed by atoms with Gasteiger partial charge in [0.15, 0.2) is 0 Å². The molecule has 0 amide bonds. The van der Waals surface area contributed by atoms with Crippen molar-refractivity contribution in [1.29, 1.82) is 0 Å². The van der Waals surface area contributed by atoms with Crippen LogP contribution in [0, 0.1) is 10.1 Å². The number of thioether (sulfide) groups is 1. The number of nitro benzene ring substituents is 1. The summed E-state index contributed by atoms with van der Waals surface area (Å²) in [4.78, 5) is 23.7. The van der Waals surface area contributed by atoms with Gasteiger partial charge in [-0.3, -0.25) is 10.1 Å². The van der Waals surface area contributed by atoms with Gasteiger partial charge in [-0.25, -0.2) is 4.79 Å². The first kappa shape index (κ1) is 14.6. The summed E-state index contributed by atoms with van der Waals surface area (Å²) in [5.74, 6) is -0.411. The van der Waals surface area contributed by atoms with Crippen molar-refractivity contribution in [2.75, 3.05) is 23.7 Å². The molecule has 1 N–H and O–H groups in total. The van der Waals surface area contributed by atoms with E-state index in [9.17, 15) is 14.9 Å². The fraction of sp³-hybridized carbons (Fsp3) is 0.462. The van der Waals surface area contributed by atoms with Crippen LogP contribution in [0.15, 0.2) is 18.2 Å². The van der Waals surface area contributed by atoms with Crippen molar-refractivity contribution in [2.45, 2.75) is 18.6 Å². The molecule has 108 valence electrons. The quantitative estimate of drug-likeness (QED) is 0.682. The lowest BCUT2D eigenvalue weighted by molar-refractivity contribution is -0.384. The second kappa shape index (κ2) is 5.32. The SMILES string of the molecule is CC1(C)CN(c2cccc(C(=O)O)c2[N+](=O)[O-])CCS1. The van der Waals surface area contributed by atoms with Gasteiger partial charge in [-0.15, -0.1) is 0 Å². The molecule has 0 bridgehead atoms. The predicted molar refractivity (Wildman–Crippen MR) is 78.8 cm³/mol. The molecule has 0 aromatic heterocycles. The Balaban J connectivity index is 2.48. The topological polar surface area (TPSA) is 83.7 Å². The van der Waals surface area contributed by atoms with Gasteiger partial charge in [0.05, 0.1) is 4.92 Å². The van der Waals surface area contributed by atoms with E-state index in [1.165, 1.54) is 6.07 Å².